The van der Waals surface area contributed by atoms with Gasteiger partial charge in [-0.25, -0.2) is 0 Å². The molecule has 0 aliphatic rings. The van der Waals surface area contributed by atoms with Gasteiger partial charge < -0.3 is 4.72 Å². The monoisotopic (exact) mass is 301 g/mol. The minimum absolute atomic E-state index is 0.163. The molecule has 7 heteroatoms. The molecular formula is C11H15F4NS2. The standard InChI is InChI=1S/C11H15F4NS2/c1-17-8-5-9-18(15,11(12,13)14)16-10-6-3-2-4-7-10/h2-4,6-7,16H,5,8-9H2,1H3. The third-order valence-electron chi connectivity index (χ3n) is 2.19. The van der Waals surface area contributed by atoms with E-state index in [-0.39, 0.29) is 12.1 Å². The van der Waals surface area contributed by atoms with E-state index in [1.807, 2.05) is 4.72 Å². The van der Waals surface area contributed by atoms with Gasteiger partial charge in [-0.3, -0.25) is 0 Å². The Bertz CT molecular complexity index is 358. The number of hydrogen-bond acceptors (Lipinski definition) is 2. The van der Waals surface area contributed by atoms with Crippen molar-refractivity contribution in [2.45, 2.75) is 11.9 Å². The van der Waals surface area contributed by atoms with E-state index >= 15 is 0 Å². The Hall–Kier alpha value is -0.560. The van der Waals surface area contributed by atoms with Crippen LogP contribution in [0.25, 0.3) is 0 Å². The average Bonchev–Trinajstić information content (AvgIpc) is 2.29. The zero-order chi connectivity index (χ0) is 13.6. The first-order valence-corrected chi connectivity index (χ1v) is 8.37. The van der Waals surface area contributed by atoms with Crippen LogP contribution < -0.4 is 4.72 Å². The average molecular weight is 301 g/mol. The Labute approximate surface area is 110 Å². The maximum atomic E-state index is 14.1. The van der Waals surface area contributed by atoms with Gasteiger partial charge in [-0.05, 0) is 30.6 Å². The summed E-state index contributed by atoms with van der Waals surface area (Å²) in [5.74, 6) is 0.0114. The minimum Gasteiger partial charge on any atom is -0.317 e. The van der Waals surface area contributed by atoms with E-state index in [1.54, 1.807) is 24.5 Å². The van der Waals surface area contributed by atoms with Gasteiger partial charge in [0.25, 0.3) is 0 Å². The second-order valence-electron chi connectivity index (χ2n) is 3.62. The molecule has 1 nitrogen and oxygen atoms in total. The fraction of sp³-hybridized carbons (Fsp3) is 0.455. The molecule has 0 aromatic heterocycles. The molecule has 18 heavy (non-hydrogen) atoms. The predicted octanol–water partition coefficient (Wildman–Crippen LogP) is 4.98. The Morgan fingerprint density at radius 3 is 2.33 bits per heavy atom. The molecule has 0 radical (unpaired) electrons. The van der Waals surface area contributed by atoms with Crippen LogP contribution in [0.3, 0.4) is 0 Å². The summed E-state index contributed by atoms with van der Waals surface area (Å²) in [7, 11) is -4.34. The first-order chi connectivity index (χ1) is 8.39. The quantitative estimate of drug-likeness (QED) is 0.588. The zero-order valence-corrected chi connectivity index (χ0v) is 11.5. The Balaban J connectivity index is 2.78. The van der Waals surface area contributed by atoms with E-state index in [9.17, 15) is 17.1 Å². The van der Waals surface area contributed by atoms with Crippen molar-refractivity contribution < 1.29 is 17.1 Å². The van der Waals surface area contributed by atoms with Gasteiger partial charge in [0.15, 0.2) is 0 Å². The maximum Gasteiger partial charge on any atom is 0.468 e. The summed E-state index contributed by atoms with van der Waals surface area (Å²) in [5.41, 5.74) is -4.68. The summed E-state index contributed by atoms with van der Waals surface area (Å²) >= 11 is 1.41. The van der Waals surface area contributed by atoms with Crippen LogP contribution in [-0.2, 0) is 0 Å². The summed E-state index contributed by atoms with van der Waals surface area (Å²) in [4.78, 5) is 0. The molecule has 0 saturated carbocycles. The first-order valence-electron chi connectivity index (χ1n) is 5.28. The number of halogens is 4. The molecule has 0 spiro atoms. The van der Waals surface area contributed by atoms with Gasteiger partial charge in [-0.15, -0.1) is 0 Å². The lowest BCUT2D eigenvalue weighted by atomic mass is 10.3. The molecule has 1 aromatic carbocycles. The van der Waals surface area contributed by atoms with Gasteiger partial charge in [0.05, 0.1) is 10.6 Å². The highest BCUT2D eigenvalue weighted by atomic mass is 32.3. The number of benzene rings is 1. The van der Waals surface area contributed by atoms with Crippen molar-refractivity contribution in [1.82, 2.24) is 0 Å². The Morgan fingerprint density at radius 2 is 1.83 bits per heavy atom. The van der Waals surface area contributed by atoms with Crippen LogP contribution >= 0.6 is 22.4 Å². The van der Waals surface area contributed by atoms with Gasteiger partial charge in [0.1, 0.15) is 0 Å². The van der Waals surface area contributed by atoms with E-state index in [4.69, 9.17) is 0 Å². The molecule has 0 saturated heterocycles. The van der Waals surface area contributed by atoms with E-state index in [1.165, 1.54) is 23.9 Å². The number of hydrogen-bond donors (Lipinski definition) is 1. The summed E-state index contributed by atoms with van der Waals surface area (Å²) in [6, 6.07) is 7.67. The van der Waals surface area contributed by atoms with Crippen molar-refractivity contribution in [2.24, 2.45) is 0 Å². The normalized spacial score (nSPS) is 16.9. The van der Waals surface area contributed by atoms with E-state index in [0.717, 1.165) is 0 Å². The van der Waals surface area contributed by atoms with Gasteiger partial charge in [0, 0.05) is 11.4 Å². The van der Waals surface area contributed by atoms with Crippen LogP contribution in [0.2, 0.25) is 0 Å². The van der Waals surface area contributed by atoms with Gasteiger partial charge in [-0.1, -0.05) is 18.2 Å². The van der Waals surface area contributed by atoms with Crippen LogP contribution in [0.15, 0.2) is 30.3 Å². The largest absolute Gasteiger partial charge is 0.468 e. The number of nitrogens with one attached hydrogen (secondary N) is 1. The Kier molecular flexibility index (Phi) is 5.65. The van der Waals surface area contributed by atoms with Crippen molar-refractivity contribution >= 4 is 28.0 Å². The van der Waals surface area contributed by atoms with Crippen molar-refractivity contribution in [1.29, 1.82) is 0 Å². The van der Waals surface area contributed by atoms with E-state index in [0.29, 0.717) is 5.75 Å². The number of anilines is 1. The summed E-state index contributed by atoms with van der Waals surface area (Å²) in [6.07, 6.45) is 1.99. The molecule has 0 aliphatic carbocycles. The van der Waals surface area contributed by atoms with Crippen LogP contribution in [-0.4, -0.2) is 23.3 Å². The molecule has 0 fully saturated rings. The molecule has 0 aliphatic heterocycles. The topological polar surface area (TPSA) is 12.0 Å². The third-order valence-corrected chi connectivity index (χ3v) is 5.04. The van der Waals surface area contributed by atoms with Gasteiger partial charge in [0.2, 0.25) is 0 Å². The molecule has 1 N–H and O–H groups in total. The van der Waals surface area contributed by atoms with Crippen molar-refractivity contribution in [3.63, 3.8) is 0 Å². The molecular weight excluding hydrogens is 286 g/mol. The third kappa shape index (κ3) is 4.28. The number of thioether (sulfide) groups is 1. The minimum atomic E-state index is -4.85. The highest BCUT2D eigenvalue weighted by molar-refractivity contribution is 8.31. The lowest BCUT2D eigenvalue weighted by Crippen LogP contribution is -2.26. The zero-order valence-electron chi connectivity index (χ0n) is 9.84. The van der Waals surface area contributed by atoms with Crippen LogP contribution in [0.5, 0.6) is 0 Å². The molecule has 0 amide bonds. The molecule has 0 bridgehead atoms. The summed E-state index contributed by atoms with van der Waals surface area (Å²) in [6.45, 7) is 0. The Morgan fingerprint density at radius 1 is 1.22 bits per heavy atom. The number of para-hydroxylation sites is 1. The predicted molar refractivity (Wildman–Crippen MR) is 72.7 cm³/mol. The lowest BCUT2D eigenvalue weighted by molar-refractivity contribution is -0.0415. The van der Waals surface area contributed by atoms with Crippen LogP contribution in [0, 0.1) is 0 Å². The molecule has 1 aromatic rings. The highest BCUT2D eigenvalue weighted by Gasteiger charge is 2.51. The smallest absolute Gasteiger partial charge is 0.317 e. The van der Waals surface area contributed by atoms with Gasteiger partial charge >= 0.3 is 5.51 Å². The second-order valence-corrected chi connectivity index (χ2v) is 6.99. The molecule has 104 valence electrons. The van der Waals surface area contributed by atoms with Crippen molar-refractivity contribution in [3.05, 3.63) is 30.3 Å². The van der Waals surface area contributed by atoms with Crippen LogP contribution in [0.1, 0.15) is 6.42 Å². The van der Waals surface area contributed by atoms with Gasteiger partial charge in [-0.2, -0.15) is 28.8 Å². The molecule has 1 unspecified atom stereocenters. The molecule has 1 atom stereocenters. The SMILES string of the molecule is CSCCCS(F)(Nc1ccccc1)C(F)(F)F. The van der Waals surface area contributed by atoms with Crippen LogP contribution in [0.4, 0.5) is 22.7 Å². The first kappa shape index (κ1) is 15.5. The van der Waals surface area contributed by atoms with E-state index < -0.39 is 21.9 Å². The number of alkyl halides is 3. The molecule has 1 rings (SSSR count). The van der Waals surface area contributed by atoms with E-state index in [2.05, 4.69) is 0 Å². The number of rotatable bonds is 6. The summed E-state index contributed by atoms with van der Waals surface area (Å²) in [5, 5.41) is 0. The maximum absolute atomic E-state index is 14.1. The summed E-state index contributed by atoms with van der Waals surface area (Å²) < 4.78 is 54.6. The highest BCUT2D eigenvalue weighted by Crippen LogP contribution is 2.63. The fourth-order valence-corrected chi connectivity index (χ4v) is 3.44. The fourth-order valence-electron chi connectivity index (χ4n) is 1.32. The second kappa shape index (κ2) is 6.56. The lowest BCUT2D eigenvalue weighted by Gasteiger charge is -2.34. The molecule has 0 heterocycles. The van der Waals surface area contributed by atoms with Crippen molar-refractivity contribution in [3.8, 4) is 0 Å². The van der Waals surface area contributed by atoms with Crippen molar-refractivity contribution in [2.75, 3.05) is 22.5 Å².